The third-order valence-electron chi connectivity index (χ3n) is 5.92. The van der Waals surface area contributed by atoms with Gasteiger partial charge in [0, 0.05) is 30.9 Å². The van der Waals surface area contributed by atoms with Crippen molar-refractivity contribution in [2.24, 2.45) is 0 Å². The van der Waals surface area contributed by atoms with Crippen molar-refractivity contribution in [3.8, 4) is 22.6 Å². The van der Waals surface area contributed by atoms with E-state index in [1.54, 1.807) is 12.1 Å². The molecule has 0 spiro atoms. The van der Waals surface area contributed by atoms with Gasteiger partial charge >= 0.3 is 5.97 Å². The average Bonchev–Trinajstić information content (AvgIpc) is 3.20. The number of aromatic nitrogens is 3. The maximum absolute atomic E-state index is 14.2. The van der Waals surface area contributed by atoms with Crippen molar-refractivity contribution in [3.63, 3.8) is 0 Å². The number of halogens is 1. The molecular formula is C25H23FN4O4. The fourth-order valence-electron chi connectivity index (χ4n) is 4.27. The summed E-state index contributed by atoms with van der Waals surface area (Å²) in [6.45, 7) is 4.86. The van der Waals surface area contributed by atoms with Crippen molar-refractivity contribution >= 4 is 22.7 Å². The van der Waals surface area contributed by atoms with E-state index in [0.29, 0.717) is 46.9 Å². The number of nitrogens with zero attached hydrogens (tertiary/aromatic N) is 4. The number of methoxy groups -OCH3 is 1. The number of carbonyl (C=O) groups is 1. The normalized spacial score (nSPS) is 13.9. The van der Waals surface area contributed by atoms with Crippen LogP contribution in [0.3, 0.4) is 0 Å². The lowest BCUT2D eigenvalue weighted by atomic mass is 10.0. The number of hydrogen-bond donors (Lipinski definition) is 1. The molecule has 8 nitrogen and oxygen atoms in total. The molecule has 0 bridgehead atoms. The van der Waals surface area contributed by atoms with E-state index in [9.17, 15) is 14.3 Å². The van der Waals surface area contributed by atoms with Gasteiger partial charge in [-0.15, -0.1) is 0 Å². The predicted molar refractivity (Wildman–Crippen MR) is 126 cm³/mol. The highest BCUT2D eigenvalue weighted by Gasteiger charge is 2.21. The number of benzene rings is 2. The Kier molecular flexibility index (Phi) is 5.62. The molecule has 9 heteroatoms. The van der Waals surface area contributed by atoms with E-state index in [2.05, 4.69) is 15.0 Å². The minimum atomic E-state index is -1.16. The molecule has 2 aromatic heterocycles. The lowest BCUT2D eigenvalue weighted by molar-refractivity contribution is 0.0691. The molecule has 1 N–H and O–H groups in total. The summed E-state index contributed by atoms with van der Waals surface area (Å²) in [5.74, 6) is -1.33. The number of ether oxygens (including phenoxy) is 2. The smallest absolute Gasteiger partial charge is 0.354 e. The molecule has 1 aliphatic heterocycles. The highest BCUT2D eigenvalue weighted by atomic mass is 19.1. The van der Waals surface area contributed by atoms with Crippen LogP contribution in [0.5, 0.6) is 5.75 Å². The van der Waals surface area contributed by atoms with Gasteiger partial charge in [0.1, 0.15) is 11.6 Å². The van der Waals surface area contributed by atoms with Crippen LogP contribution >= 0.6 is 0 Å². The predicted octanol–water partition coefficient (Wildman–Crippen LogP) is 4.08. The van der Waals surface area contributed by atoms with Gasteiger partial charge in [0.15, 0.2) is 11.3 Å². The van der Waals surface area contributed by atoms with Crippen molar-refractivity contribution in [2.45, 2.75) is 6.92 Å². The Bertz CT molecular complexity index is 1380. The summed E-state index contributed by atoms with van der Waals surface area (Å²) in [5, 5.41) is 15.0. The summed E-state index contributed by atoms with van der Waals surface area (Å²) in [7, 11) is 1.45. The summed E-state index contributed by atoms with van der Waals surface area (Å²) < 4.78 is 26.3. The largest absolute Gasteiger partial charge is 0.497 e. The number of carboxylic acid groups (broad SMARTS) is 1. The SMILES string of the molecule is COc1cc(F)cc(-n2nc(C)c3c(-c4ccc(N5CCOCC5)cc4)cc(C(=O)O)nc32)c1. The van der Waals surface area contributed by atoms with Crippen LogP contribution < -0.4 is 9.64 Å². The van der Waals surface area contributed by atoms with Crippen LogP contribution in [0.2, 0.25) is 0 Å². The Morgan fingerprint density at radius 2 is 1.82 bits per heavy atom. The number of carboxylic acids is 1. The third kappa shape index (κ3) is 3.94. The first-order valence-electron chi connectivity index (χ1n) is 10.9. The Hall–Kier alpha value is -3.98. The van der Waals surface area contributed by atoms with E-state index in [1.165, 1.54) is 23.9 Å². The van der Waals surface area contributed by atoms with Gasteiger partial charge in [0.2, 0.25) is 0 Å². The fraction of sp³-hybridized carbons (Fsp3) is 0.240. The van der Waals surface area contributed by atoms with Gasteiger partial charge in [-0.2, -0.15) is 5.10 Å². The Morgan fingerprint density at radius 3 is 2.50 bits per heavy atom. The van der Waals surface area contributed by atoms with Crippen molar-refractivity contribution in [2.75, 3.05) is 38.3 Å². The zero-order valence-electron chi connectivity index (χ0n) is 18.8. The molecular weight excluding hydrogens is 439 g/mol. The second-order valence-electron chi connectivity index (χ2n) is 8.05. The number of morpholine rings is 1. The van der Waals surface area contributed by atoms with E-state index in [0.717, 1.165) is 24.3 Å². The first kappa shape index (κ1) is 21.8. The Morgan fingerprint density at radius 1 is 1.09 bits per heavy atom. The summed E-state index contributed by atoms with van der Waals surface area (Å²) in [5.41, 5.74) is 3.86. The van der Waals surface area contributed by atoms with Crippen LogP contribution in [-0.2, 0) is 4.74 Å². The van der Waals surface area contributed by atoms with Crippen molar-refractivity contribution in [3.05, 3.63) is 65.7 Å². The quantitative estimate of drug-likeness (QED) is 0.478. The zero-order valence-corrected chi connectivity index (χ0v) is 18.8. The number of anilines is 1. The van der Waals surface area contributed by atoms with Crippen molar-refractivity contribution in [1.82, 2.24) is 14.8 Å². The second kappa shape index (κ2) is 8.75. The standard InChI is InChI=1S/C25H23FN4O4/c1-15-23-21(16-3-5-18(6-4-16)29-7-9-34-10-8-29)14-22(25(31)32)27-24(23)30(28-15)19-11-17(26)12-20(13-19)33-2/h3-6,11-14H,7-10H2,1-2H3,(H,31,32). The van der Waals surface area contributed by atoms with Crippen LogP contribution in [0.15, 0.2) is 48.5 Å². The van der Waals surface area contributed by atoms with Gasteiger partial charge < -0.3 is 19.5 Å². The van der Waals surface area contributed by atoms with Crippen LogP contribution in [0.25, 0.3) is 27.8 Å². The molecule has 0 saturated carbocycles. The fourth-order valence-corrected chi connectivity index (χ4v) is 4.27. The first-order chi connectivity index (χ1) is 16.4. The molecule has 0 unspecified atom stereocenters. The number of rotatable bonds is 5. The highest BCUT2D eigenvalue weighted by molar-refractivity contribution is 6.00. The molecule has 1 saturated heterocycles. The molecule has 174 valence electrons. The number of aryl methyl sites for hydroxylation is 1. The lowest BCUT2D eigenvalue weighted by Crippen LogP contribution is -2.36. The molecule has 2 aromatic carbocycles. The summed E-state index contributed by atoms with van der Waals surface area (Å²) >= 11 is 0. The van der Waals surface area contributed by atoms with Gasteiger partial charge in [0.25, 0.3) is 0 Å². The van der Waals surface area contributed by atoms with E-state index >= 15 is 0 Å². The van der Waals surface area contributed by atoms with Gasteiger partial charge in [-0.05, 0) is 42.3 Å². The molecule has 0 radical (unpaired) electrons. The zero-order chi connectivity index (χ0) is 23.8. The summed E-state index contributed by atoms with van der Waals surface area (Å²) in [4.78, 5) is 18.5. The van der Waals surface area contributed by atoms with E-state index in [-0.39, 0.29) is 5.69 Å². The summed E-state index contributed by atoms with van der Waals surface area (Å²) in [6, 6.07) is 13.7. The van der Waals surface area contributed by atoms with Gasteiger partial charge in [-0.25, -0.2) is 18.9 Å². The molecule has 4 aromatic rings. The monoisotopic (exact) mass is 462 g/mol. The maximum atomic E-state index is 14.2. The number of pyridine rings is 1. The van der Waals surface area contributed by atoms with Crippen molar-refractivity contribution in [1.29, 1.82) is 0 Å². The number of hydrogen-bond acceptors (Lipinski definition) is 6. The number of fused-ring (bicyclic) bond motifs is 1. The van der Waals surface area contributed by atoms with Gasteiger partial charge in [-0.3, -0.25) is 0 Å². The average molecular weight is 462 g/mol. The second-order valence-corrected chi connectivity index (χ2v) is 8.05. The maximum Gasteiger partial charge on any atom is 0.354 e. The van der Waals surface area contributed by atoms with Crippen LogP contribution in [0.1, 0.15) is 16.2 Å². The number of aromatic carboxylic acids is 1. The Labute approximate surface area is 195 Å². The van der Waals surface area contributed by atoms with E-state index in [1.807, 2.05) is 31.2 Å². The van der Waals surface area contributed by atoms with Crippen molar-refractivity contribution < 1.29 is 23.8 Å². The highest BCUT2D eigenvalue weighted by Crippen LogP contribution is 2.34. The molecule has 1 fully saturated rings. The Balaban J connectivity index is 1.67. The molecule has 5 rings (SSSR count). The molecule has 1 aliphatic rings. The lowest BCUT2D eigenvalue weighted by Gasteiger charge is -2.29. The van der Waals surface area contributed by atoms with Gasteiger partial charge in [0.05, 0.1) is 37.1 Å². The van der Waals surface area contributed by atoms with E-state index in [4.69, 9.17) is 9.47 Å². The molecule has 3 heterocycles. The van der Waals surface area contributed by atoms with Gasteiger partial charge in [-0.1, -0.05) is 12.1 Å². The molecule has 0 amide bonds. The molecule has 34 heavy (non-hydrogen) atoms. The van der Waals surface area contributed by atoms with Crippen LogP contribution in [-0.4, -0.2) is 59.3 Å². The summed E-state index contributed by atoms with van der Waals surface area (Å²) in [6.07, 6.45) is 0. The third-order valence-corrected chi connectivity index (χ3v) is 5.92. The first-order valence-corrected chi connectivity index (χ1v) is 10.9. The minimum absolute atomic E-state index is 0.121. The molecule has 0 aliphatic carbocycles. The van der Waals surface area contributed by atoms with E-state index < -0.39 is 11.8 Å². The van der Waals surface area contributed by atoms with Crippen LogP contribution in [0, 0.1) is 12.7 Å². The topological polar surface area (TPSA) is 89.7 Å². The van der Waals surface area contributed by atoms with Crippen LogP contribution in [0.4, 0.5) is 10.1 Å². The minimum Gasteiger partial charge on any atom is -0.497 e. The molecule has 0 atom stereocenters.